The summed E-state index contributed by atoms with van der Waals surface area (Å²) >= 11 is 0. The molecule has 1 aromatic heterocycles. The molecule has 5 nitrogen and oxygen atoms in total. The Bertz CT molecular complexity index is 1290. The maximum absolute atomic E-state index is 12.6. The number of nitrogens with zero attached hydrogens (tertiary/aromatic N) is 1. The van der Waals surface area contributed by atoms with E-state index in [1.807, 2.05) is 80.6 Å². The van der Waals surface area contributed by atoms with Crippen LogP contribution in [0.25, 0.3) is 11.0 Å². The standard InChI is InChI=1S/C26H23NO4/c1-17-8-10-20(11-9-17)24(27-29)16-30-21-12-13-22-18(2)23(26(28)31-25(22)15-21)14-19-6-4-3-5-7-19/h3-13,15,29H,14,16H2,1-2H3. The number of fused-ring (bicyclic) bond motifs is 1. The summed E-state index contributed by atoms with van der Waals surface area (Å²) in [5.41, 5.74) is 5.05. The molecule has 3 aromatic carbocycles. The Morgan fingerprint density at radius 3 is 2.45 bits per heavy atom. The Kier molecular flexibility index (Phi) is 5.85. The lowest BCUT2D eigenvalue weighted by Crippen LogP contribution is -2.13. The third-order valence-electron chi connectivity index (χ3n) is 5.36. The highest BCUT2D eigenvalue weighted by Gasteiger charge is 2.13. The minimum absolute atomic E-state index is 0.0837. The van der Waals surface area contributed by atoms with E-state index in [0.717, 1.165) is 27.6 Å². The summed E-state index contributed by atoms with van der Waals surface area (Å²) < 4.78 is 11.4. The first-order valence-corrected chi connectivity index (χ1v) is 10.1. The Labute approximate surface area is 180 Å². The van der Waals surface area contributed by atoms with Gasteiger partial charge in [-0.3, -0.25) is 0 Å². The molecule has 4 rings (SSSR count). The quantitative estimate of drug-likeness (QED) is 0.203. The van der Waals surface area contributed by atoms with Crippen molar-refractivity contribution in [1.29, 1.82) is 0 Å². The number of rotatable bonds is 6. The van der Waals surface area contributed by atoms with Gasteiger partial charge < -0.3 is 14.4 Å². The van der Waals surface area contributed by atoms with Crippen LogP contribution in [0.2, 0.25) is 0 Å². The van der Waals surface area contributed by atoms with Crippen LogP contribution in [0, 0.1) is 13.8 Å². The second-order valence-corrected chi connectivity index (χ2v) is 7.51. The van der Waals surface area contributed by atoms with Gasteiger partial charge in [0.25, 0.3) is 0 Å². The van der Waals surface area contributed by atoms with Gasteiger partial charge in [0, 0.05) is 29.0 Å². The van der Waals surface area contributed by atoms with E-state index < -0.39 is 0 Å². The lowest BCUT2D eigenvalue weighted by molar-refractivity contribution is 0.308. The maximum Gasteiger partial charge on any atom is 0.340 e. The molecule has 1 N–H and O–H groups in total. The van der Waals surface area contributed by atoms with E-state index in [4.69, 9.17) is 9.15 Å². The van der Waals surface area contributed by atoms with E-state index in [1.54, 1.807) is 6.07 Å². The van der Waals surface area contributed by atoms with Crippen molar-refractivity contribution >= 4 is 16.7 Å². The van der Waals surface area contributed by atoms with Crippen molar-refractivity contribution in [3.63, 3.8) is 0 Å². The van der Waals surface area contributed by atoms with Crippen molar-refractivity contribution in [1.82, 2.24) is 0 Å². The lowest BCUT2D eigenvalue weighted by atomic mass is 10.00. The molecule has 0 aliphatic heterocycles. The van der Waals surface area contributed by atoms with E-state index in [2.05, 4.69) is 5.16 Å². The van der Waals surface area contributed by atoms with E-state index in [1.165, 1.54) is 0 Å². The Hall–Kier alpha value is -3.86. The normalized spacial score (nSPS) is 11.6. The molecule has 0 saturated carbocycles. The number of ether oxygens (including phenoxy) is 1. The highest BCUT2D eigenvalue weighted by atomic mass is 16.5. The molecule has 0 bridgehead atoms. The second kappa shape index (κ2) is 8.88. The molecule has 1 heterocycles. The number of benzene rings is 3. The molecule has 156 valence electrons. The van der Waals surface area contributed by atoms with Crippen LogP contribution in [0.5, 0.6) is 5.75 Å². The zero-order valence-corrected chi connectivity index (χ0v) is 17.5. The molecule has 5 heteroatoms. The topological polar surface area (TPSA) is 72.0 Å². The van der Waals surface area contributed by atoms with Gasteiger partial charge >= 0.3 is 5.63 Å². The van der Waals surface area contributed by atoms with Gasteiger partial charge in [-0.05, 0) is 37.1 Å². The summed E-state index contributed by atoms with van der Waals surface area (Å²) in [6, 6.07) is 22.9. The van der Waals surface area contributed by atoms with Crippen LogP contribution in [0.4, 0.5) is 0 Å². The SMILES string of the molecule is Cc1ccc(C(COc2ccc3c(C)c(Cc4ccccc4)c(=O)oc3c2)=NO)cc1. The Morgan fingerprint density at radius 1 is 1.00 bits per heavy atom. The van der Waals surface area contributed by atoms with E-state index in [9.17, 15) is 10.0 Å². The summed E-state index contributed by atoms with van der Waals surface area (Å²) in [6.45, 7) is 4.01. The van der Waals surface area contributed by atoms with Crippen molar-refractivity contribution in [3.05, 3.63) is 111 Å². The number of hydrogen-bond acceptors (Lipinski definition) is 5. The van der Waals surface area contributed by atoms with Gasteiger partial charge in [0.2, 0.25) is 0 Å². The summed E-state index contributed by atoms with van der Waals surface area (Å²) in [7, 11) is 0. The summed E-state index contributed by atoms with van der Waals surface area (Å²) in [5, 5.41) is 13.6. The van der Waals surface area contributed by atoms with Crippen LogP contribution in [0.3, 0.4) is 0 Å². The van der Waals surface area contributed by atoms with E-state index in [-0.39, 0.29) is 12.2 Å². The molecule has 0 spiro atoms. The number of hydrogen-bond donors (Lipinski definition) is 1. The highest BCUT2D eigenvalue weighted by molar-refractivity contribution is 6.01. The average molecular weight is 413 g/mol. The minimum Gasteiger partial charge on any atom is -0.487 e. The molecule has 0 amide bonds. The van der Waals surface area contributed by atoms with Crippen LogP contribution in [0.15, 0.2) is 87.2 Å². The van der Waals surface area contributed by atoms with Gasteiger partial charge in [-0.25, -0.2) is 4.79 Å². The molecule has 0 fully saturated rings. The predicted octanol–water partition coefficient (Wildman–Crippen LogP) is 5.26. The van der Waals surface area contributed by atoms with Crippen LogP contribution < -0.4 is 10.4 Å². The zero-order chi connectivity index (χ0) is 21.8. The van der Waals surface area contributed by atoms with Crippen molar-refractivity contribution in [3.8, 4) is 5.75 Å². The number of oxime groups is 1. The van der Waals surface area contributed by atoms with Gasteiger partial charge in [0.1, 0.15) is 23.7 Å². The predicted molar refractivity (Wildman–Crippen MR) is 121 cm³/mol. The highest BCUT2D eigenvalue weighted by Crippen LogP contribution is 2.25. The summed E-state index contributed by atoms with van der Waals surface area (Å²) in [6.07, 6.45) is 0.524. The largest absolute Gasteiger partial charge is 0.487 e. The second-order valence-electron chi connectivity index (χ2n) is 7.51. The first-order chi connectivity index (χ1) is 15.0. The van der Waals surface area contributed by atoms with Crippen molar-refractivity contribution in [2.45, 2.75) is 20.3 Å². The minimum atomic E-state index is -0.344. The van der Waals surface area contributed by atoms with Gasteiger partial charge in [0.15, 0.2) is 0 Å². The molecule has 4 aromatic rings. The Morgan fingerprint density at radius 2 is 1.74 bits per heavy atom. The van der Waals surface area contributed by atoms with Crippen LogP contribution in [0.1, 0.15) is 27.8 Å². The van der Waals surface area contributed by atoms with E-state index >= 15 is 0 Å². The fourth-order valence-corrected chi connectivity index (χ4v) is 3.54. The van der Waals surface area contributed by atoms with Gasteiger partial charge in [-0.1, -0.05) is 65.3 Å². The smallest absolute Gasteiger partial charge is 0.340 e. The molecular weight excluding hydrogens is 390 g/mol. The number of aryl methyl sites for hydroxylation is 2. The van der Waals surface area contributed by atoms with Gasteiger partial charge in [-0.15, -0.1) is 0 Å². The average Bonchev–Trinajstić information content (AvgIpc) is 2.78. The maximum atomic E-state index is 12.6. The lowest BCUT2D eigenvalue weighted by Gasteiger charge is -2.11. The first-order valence-electron chi connectivity index (χ1n) is 10.1. The molecule has 31 heavy (non-hydrogen) atoms. The van der Waals surface area contributed by atoms with E-state index in [0.29, 0.717) is 29.0 Å². The van der Waals surface area contributed by atoms with Crippen LogP contribution in [-0.4, -0.2) is 17.5 Å². The van der Waals surface area contributed by atoms with Gasteiger partial charge in [0.05, 0.1) is 0 Å². The molecule has 0 aliphatic carbocycles. The van der Waals surface area contributed by atoms with Crippen molar-refractivity contribution < 1.29 is 14.4 Å². The monoisotopic (exact) mass is 413 g/mol. The van der Waals surface area contributed by atoms with Crippen molar-refractivity contribution in [2.75, 3.05) is 6.61 Å². The molecule has 0 unspecified atom stereocenters. The molecule has 0 atom stereocenters. The van der Waals surface area contributed by atoms with Crippen molar-refractivity contribution in [2.24, 2.45) is 5.16 Å². The molecule has 0 saturated heterocycles. The molecular formula is C26H23NO4. The zero-order valence-electron chi connectivity index (χ0n) is 17.5. The summed E-state index contributed by atoms with van der Waals surface area (Å²) in [5.74, 6) is 0.527. The van der Waals surface area contributed by atoms with Crippen LogP contribution >= 0.6 is 0 Å². The third-order valence-corrected chi connectivity index (χ3v) is 5.36. The Balaban J connectivity index is 1.57. The fraction of sp³-hybridized carbons (Fsp3) is 0.154. The van der Waals surface area contributed by atoms with Gasteiger partial charge in [-0.2, -0.15) is 0 Å². The molecule has 0 aliphatic rings. The molecule has 0 radical (unpaired) electrons. The summed E-state index contributed by atoms with van der Waals surface area (Å²) in [4.78, 5) is 12.6. The fourth-order valence-electron chi connectivity index (χ4n) is 3.54. The first kappa shape index (κ1) is 20.4. The van der Waals surface area contributed by atoms with Crippen LogP contribution in [-0.2, 0) is 6.42 Å². The third kappa shape index (κ3) is 4.51.